The van der Waals surface area contributed by atoms with Gasteiger partial charge in [0, 0.05) is 23.1 Å². The number of amides is 1. The van der Waals surface area contributed by atoms with E-state index in [1.54, 1.807) is 0 Å². The average molecular weight is 415 g/mol. The number of hydrogen-bond donors (Lipinski definition) is 2. The van der Waals surface area contributed by atoms with Gasteiger partial charge in [-0.1, -0.05) is 46.3 Å². The van der Waals surface area contributed by atoms with Gasteiger partial charge in [-0.3, -0.25) is 4.79 Å². The highest BCUT2D eigenvalue weighted by Gasteiger charge is 2.12. The van der Waals surface area contributed by atoms with Crippen LogP contribution in [0.2, 0.25) is 0 Å². The third-order valence-electron chi connectivity index (χ3n) is 3.12. The van der Waals surface area contributed by atoms with Gasteiger partial charge in [-0.2, -0.15) is 0 Å². The minimum atomic E-state index is -3.52. The van der Waals surface area contributed by atoms with Crippen molar-refractivity contribution in [2.45, 2.75) is 6.54 Å². The second kappa shape index (κ2) is 8.36. The van der Waals surface area contributed by atoms with Crippen LogP contribution in [-0.2, 0) is 16.6 Å². The lowest BCUT2D eigenvalue weighted by atomic mass is 10.2. The number of halogens is 2. The molecule has 0 saturated heterocycles. The second-order valence-corrected chi connectivity index (χ2v) is 7.88. The molecule has 0 radical (unpaired) electrons. The van der Waals surface area contributed by atoms with Crippen molar-refractivity contribution in [3.05, 3.63) is 69.9 Å². The van der Waals surface area contributed by atoms with Crippen LogP contribution < -0.4 is 10.0 Å². The van der Waals surface area contributed by atoms with Crippen molar-refractivity contribution in [2.75, 3.05) is 12.3 Å². The third kappa shape index (κ3) is 6.03. The topological polar surface area (TPSA) is 75.3 Å². The lowest BCUT2D eigenvalue weighted by Crippen LogP contribution is -2.34. The van der Waals surface area contributed by atoms with E-state index in [-0.39, 0.29) is 24.4 Å². The van der Waals surface area contributed by atoms with Crippen molar-refractivity contribution >= 4 is 31.9 Å². The molecule has 5 nitrogen and oxygen atoms in total. The van der Waals surface area contributed by atoms with Gasteiger partial charge in [-0.15, -0.1) is 0 Å². The van der Waals surface area contributed by atoms with Gasteiger partial charge in [0.1, 0.15) is 5.82 Å². The number of rotatable bonds is 7. The largest absolute Gasteiger partial charge is 0.351 e. The van der Waals surface area contributed by atoms with Crippen molar-refractivity contribution in [3.63, 3.8) is 0 Å². The first-order chi connectivity index (χ1) is 11.4. The summed E-state index contributed by atoms with van der Waals surface area (Å²) in [6.45, 7) is 0.116. The lowest BCUT2D eigenvalue weighted by Gasteiger charge is -2.08. The maximum atomic E-state index is 13.2. The van der Waals surface area contributed by atoms with Gasteiger partial charge in [0.15, 0.2) is 0 Å². The fourth-order valence-corrected chi connectivity index (χ4v) is 3.31. The second-order valence-electron chi connectivity index (χ2n) is 5.04. The number of hydrogen-bond acceptors (Lipinski definition) is 3. The van der Waals surface area contributed by atoms with Gasteiger partial charge in [0.25, 0.3) is 5.91 Å². The summed E-state index contributed by atoms with van der Waals surface area (Å²) in [7, 11) is -3.52. The van der Waals surface area contributed by atoms with E-state index in [1.807, 2.05) is 30.3 Å². The van der Waals surface area contributed by atoms with Crippen LogP contribution in [0.25, 0.3) is 0 Å². The maximum Gasteiger partial charge on any atom is 0.251 e. The Bertz CT molecular complexity index is 793. The van der Waals surface area contributed by atoms with Crippen LogP contribution in [-0.4, -0.2) is 26.6 Å². The summed E-state index contributed by atoms with van der Waals surface area (Å²) < 4.78 is 39.9. The van der Waals surface area contributed by atoms with Crippen LogP contribution in [0.1, 0.15) is 15.9 Å². The predicted molar refractivity (Wildman–Crippen MR) is 93.5 cm³/mol. The van der Waals surface area contributed by atoms with Crippen LogP contribution in [0, 0.1) is 5.82 Å². The summed E-state index contributed by atoms with van der Waals surface area (Å²) >= 11 is 3.10. The van der Waals surface area contributed by atoms with Crippen molar-refractivity contribution in [1.82, 2.24) is 10.0 Å². The molecule has 0 heterocycles. The molecular formula is C16H16BrFN2O3S. The highest BCUT2D eigenvalue weighted by molar-refractivity contribution is 9.10. The first kappa shape index (κ1) is 18.6. The number of carbonyl (C=O) groups is 1. The van der Waals surface area contributed by atoms with E-state index in [4.69, 9.17) is 0 Å². The molecule has 2 aromatic carbocycles. The SMILES string of the molecule is O=C(NCCS(=O)(=O)NCc1ccccc1)c1cc(F)cc(Br)c1. The normalized spacial score (nSPS) is 11.2. The first-order valence-electron chi connectivity index (χ1n) is 7.11. The lowest BCUT2D eigenvalue weighted by molar-refractivity contribution is 0.0955. The van der Waals surface area contributed by atoms with Crippen LogP contribution in [0.5, 0.6) is 0 Å². The molecule has 0 aromatic heterocycles. The van der Waals surface area contributed by atoms with Crippen molar-refractivity contribution < 1.29 is 17.6 Å². The zero-order valence-corrected chi connectivity index (χ0v) is 15.0. The van der Waals surface area contributed by atoms with E-state index in [2.05, 4.69) is 26.0 Å². The summed E-state index contributed by atoms with van der Waals surface area (Å²) in [4.78, 5) is 11.9. The predicted octanol–water partition coefficient (Wildman–Crippen LogP) is 2.44. The zero-order valence-electron chi connectivity index (χ0n) is 12.6. The van der Waals surface area contributed by atoms with E-state index in [0.717, 1.165) is 11.6 Å². The number of carbonyl (C=O) groups excluding carboxylic acids is 1. The van der Waals surface area contributed by atoms with E-state index in [9.17, 15) is 17.6 Å². The van der Waals surface area contributed by atoms with Gasteiger partial charge in [0.05, 0.1) is 5.75 Å². The Morgan fingerprint density at radius 2 is 1.83 bits per heavy atom. The summed E-state index contributed by atoms with van der Waals surface area (Å²) in [6, 6.07) is 12.9. The van der Waals surface area contributed by atoms with Crippen molar-refractivity contribution in [1.29, 1.82) is 0 Å². The molecule has 128 valence electrons. The van der Waals surface area contributed by atoms with Gasteiger partial charge in [0.2, 0.25) is 10.0 Å². The standard InChI is InChI=1S/C16H16BrFN2O3S/c17-14-8-13(9-15(18)10-14)16(21)19-6-7-24(22,23)20-11-12-4-2-1-3-5-12/h1-5,8-10,20H,6-7,11H2,(H,19,21). The quantitative estimate of drug-likeness (QED) is 0.730. The Kier molecular flexibility index (Phi) is 6.47. The minimum absolute atomic E-state index is 0.0723. The Hall–Kier alpha value is -1.77. The molecule has 0 atom stereocenters. The van der Waals surface area contributed by atoms with Crippen LogP contribution in [0.15, 0.2) is 53.0 Å². The number of sulfonamides is 1. The number of nitrogens with one attached hydrogen (secondary N) is 2. The Morgan fingerprint density at radius 1 is 1.12 bits per heavy atom. The first-order valence-corrected chi connectivity index (χ1v) is 9.56. The molecule has 0 aliphatic rings. The molecule has 0 fully saturated rings. The maximum absolute atomic E-state index is 13.2. The summed E-state index contributed by atoms with van der Waals surface area (Å²) in [5.41, 5.74) is 0.964. The van der Waals surface area contributed by atoms with Crippen molar-refractivity contribution in [2.24, 2.45) is 0 Å². The van der Waals surface area contributed by atoms with Gasteiger partial charge < -0.3 is 5.32 Å². The molecule has 2 rings (SSSR count). The molecule has 24 heavy (non-hydrogen) atoms. The molecule has 0 unspecified atom stereocenters. The Labute approximate surface area is 148 Å². The van der Waals surface area contributed by atoms with Gasteiger partial charge in [-0.05, 0) is 23.8 Å². The Balaban J connectivity index is 1.82. The number of benzene rings is 2. The van der Waals surface area contributed by atoms with E-state index in [1.165, 1.54) is 12.1 Å². The van der Waals surface area contributed by atoms with Crippen LogP contribution >= 0.6 is 15.9 Å². The van der Waals surface area contributed by atoms with E-state index >= 15 is 0 Å². The minimum Gasteiger partial charge on any atom is -0.351 e. The summed E-state index contributed by atoms with van der Waals surface area (Å²) in [5.74, 6) is -1.35. The molecule has 2 aromatic rings. The summed E-state index contributed by atoms with van der Waals surface area (Å²) in [5, 5.41) is 2.46. The molecule has 1 amide bonds. The van der Waals surface area contributed by atoms with Crippen LogP contribution in [0.4, 0.5) is 4.39 Å². The van der Waals surface area contributed by atoms with E-state index in [0.29, 0.717) is 4.47 Å². The fraction of sp³-hybridized carbons (Fsp3) is 0.188. The van der Waals surface area contributed by atoms with Gasteiger partial charge in [-0.25, -0.2) is 17.5 Å². The summed E-state index contributed by atoms with van der Waals surface area (Å²) in [6.07, 6.45) is 0. The van der Waals surface area contributed by atoms with Crippen molar-refractivity contribution in [3.8, 4) is 0 Å². The van der Waals surface area contributed by atoms with E-state index < -0.39 is 21.7 Å². The molecule has 8 heteroatoms. The fourth-order valence-electron chi connectivity index (χ4n) is 1.95. The molecule has 0 saturated carbocycles. The van der Waals surface area contributed by atoms with Gasteiger partial charge >= 0.3 is 0 Å². The average Bonchev–Trinajstić information content (AvgIpc) is 2.53. The Morgan fingerprint density at radius 3 is 2.50 bits per heavy atom. The molecular weight excluding hydrogens is 399 g/mol. The zero-order chi connectivity index (χ0) is 17.6. The highest BCUT2D eigenvalue weighted by Crippen LogP contribution is 2.14. The smallest absolute Gasteiger partial charge is 0.251 e. The monoisotopic (exact) mass is 414 g/mol. The molecule has 0 spiro atoms. The molecule has 0 aliphatic carbocycles. The molecule has 2 N–H and O–H groups in total. The van der Waals surface area contributed by atoms with Crippen LogP contribution in [0.3, 0.4) is 0 Å². The highest BCUT2D eigenvalue weighted by atomic mass is 79.9. The molecule has 0 bridgehead atoms. The molecule has 0 aliphatic heterocycles. The third-order valence-corrected chi connectivity index (χ3v) is 4.90.